The van der Waals surface area contributed by atoms with E-state index in [9.17, 15) is 66.7 Å². The van der Waals surface area contributed by atoms with Crippen LogP contribution in [-0.2, 0) is 24.4 Å². The van der Waals surface area contributed by atoms with Crippen molar-refractivity contribution in [2.24, 2.45) is 0 Å². The molecule has 45 heavy (non-hydrogen) atoms. The Morgan fingerprint density at radius 2 is 1.40 bits per heavy atom. The van der Waals surface area contributed by atoms with Gasteiger partial charge in [-0.15, -0.1) is 0 Å². The summed E-state index contributed by atoms with van der Waals surface area (Å²) in [5, 5.41) is 0. The summed E-state index contributed by atoms with van der Waals surface area (Å²) in [6, 6.07) is 2.89. The van der Waals surface area contributed by atoms with Gasteiger partial charge in [0, 0.05) is 28.8 Å². The lowest BCUT2D eigenvalue weighted by molar-refractivity contribution is -0.348. The first kappa shape index (κ1) is 36.0. The maximum atomic E-state index is 15.4. The van der Waals surface area contributed by atoms with Gasteiger partial charge < -0.3 is 4.90 Å². The van der Waals surface area contributed by atoms with E-state index in [0.717, 1.165) is 53.9 Å². The molecule has 0 radical (unpaired) electrons. The van der Waals surface area contributed by atoms with Crippen molar-refractivity contribution in [3.05, 3.63) is 91.6 Å². The maximum absolute atomic E-state index is 15.4. The second-order valence-electron chi connectivity index (χ2n) is 9.17. The molecular weight excluding hydrogens is 765 g/mol. The van der Waals surface area contributed by atoms with Crippen molar-refractivity contribution in [2.45, 2.75) is 36.8 Å². The molecule has 3 aromatic rings. The first-order valence-corrected chi connectivity index (χ1v) is 12.8. The monoisotopic (exact) mass is 778 g/mol. The number of benzene rings is 2. The lowest BCUT2D eigenvalue weighted by Crippen LogP contribution is -2.50. The number of anilines is 1. The summed E-state index contributed by atoms with van der Waals surface area (Å²) in [4.78, 5) is 29.3. The van der Waals surface area contributed by atoms with Crippen molar-refractivity contribution in [2.75, 3.05) is 11.9 Å². The van der Waals surface area contributed by atoms with Gasteiger partial charge in [0.15, 0.2) is 11.6 Å². The molecule has 0 fully saturated rings. The van der Waals surface area contributed by atoms with Crippen molar-refractivity contribution in [1.82, 2.24) is 4.98 Å². The number of alkyl halides is 13. The minimum atomic E-state index is -6.74. The molecule has 0 aliphatic carbocycles. The third-order valence-corrected chi connectivity index (χ3v) is 7.23. The summed E-state index contributed by atoms with van der Waals surface area (Å²) in [5.41, 5.74) is -15.6. The summed E-state index contributed by atoms with van der Waals surface area (Å²) < 4.78 is 188. The average molecular weight is 778 g/mol. The number of hydrogen-bond acceptors (Lipinski definition) is 3. The quantitative estimate of drug-likeness (QED) is 0.143. The van der Waals surface area contributed by atoms with Crippen molar-refractivity contribution in [3.63, 3.8) is 0 Å². The molecular formula is C26H13F14IN2O2. The molecule has 19 heteroatoms. The molecule has 0 N–H and O–H groups in total. The van der Waals surface area contributed by atoms with Crippen LogP contribution < -0.4 is 4.90 Å². The van der Waals surface area contributed by atoms with Gasteiger partial charge >= 0.3 is 30.4 Å². The number of rotatable bonds is 6. The lowest BCUT2D eigenvalue weighted by Gasteiger charge is -2.31. The van der Waals surface area contributed by atoms with Crippen LogP contribution >= 0.6 is 22.6 Å². The van der Waals surface area contributed by atoms with E-state index in [1.165, 1.54) is 0 Å². The van der Waals surface area contributed by atoms with Crippen molar-refractivity contribution in [1.29, 1.82) is 0 Å². The van der Waals surface area contributed by atoms with Crippen LogP contribution in [0.4, 0.5) is 67.2 Å². The van der Waals surface area contributed by atoms with Crippen LogP contribution in [0, 0.1) is 9.39 Å². The van der Waals surface area contributed by atoms with Gasteiger partial charge in [-0.05, 0) is 64.6 Å². The summed E-state index contributed by atoms with van der Waals surface area (Å²) in [7, 11) is 0.931. The van der Waals surface area contributed by atoms with Gasteiger partial charge in [0.2, 0.25) is 0 Å². The molecule has 0 spiro atoms. The minimum Gasteiger partial charge on any atom is -0.309 e. The third kappa shape index (κ3) is 7.01. The highest BCUT2D eigenvalue weighted by molar-refractivity contribution is 14.1. The fraction of sp³-hybridized carbons (Fsp3) is 0.269. The highest BCUT2D eigenvalue weighted by atomic mass is 127. The highest BCUT2D eigenvalue weighted by Gasteiger charge is 2.73. The molecule has 3 rings (SSSR count). The van der Waals surface area contributed by atoms with E-state index >= 15 is 4.39 Å². The lowest BCUT2D eigenvalue weighted by atomic mass is 9.89. The Kier molecular flexibility index (Phi) is 9.60. The molecule has 1 amide bonds. The number of ketones is 1. The Labute approximate surface area is 256 Å². The molecule has 0 aliphatic heterocycles. The number of carbonyl (C=O) groups excluding carboxylic acids is 2. The molecule has 0 saturated carbocycles. The van der Waals surface area contributed by atoms with Gasteiger partial charge in [0.25, 0.3) is 5.91 Å². The van der Waals surface area contributed by atoms with E-state index in [1.54, 1.807) is 0 Å². The van der Waals surface area contributed by atoms with Crippen LogP contribution in [0.15, 0.2) is 48.7 Å². The standard InChI is InChI=1S/C26H13F14IN2O2/c1-43(21(45)11-5-6-19(42-10-11)24(32,33)34)17-4-2-3-13(20(17)27)18(44)9-14-15(23(29,30)31)7-12(8-16(14)41)22(28,25(35,36)37)26(38,39)40/h2-8,10H,9H2,1H3. The minimum absolute atomic E-state index is 0.170. The molecule has 1 aromatic heterocycles. The zero-order valence-corrected chi connectivity index (χ0v) is 23.9. The number of amides is 1. The Morgan fingerprint density at radius 3 is 1.87 bits per heavy atom. The van der Waals surface area contributed by atoms with Crippen molar-refractivity contribution >= 4 is 40.0 Å². The zero-order valence-electron chi connectivity index (χ0n) is 21.7. The van der Waals surface area contributed by atoms with Gasteiger partial charge in [-0.3, -0.25) is 14.6 Å². The average Bonchev–Trinajstić information content (AvgIpc) is 2.90. The molecule has 1 heterocycles. The van der Waals surface area contributed by atoms with E-state index in [1.807, 2.05) is 0 Å². The molecule has 2 aromatic carbocycles. The molecule has 0 saturated heterocycles. The van der Waals surface area contributed by atoms with Gasteiger partial charge in [0.05, 0.1) is 22.4 Å². The van der Waals surface area contributed by atoms with Crippen LogP contribution in [0.5, 0.6) is 0 Å². The summed E-state index contributed by atoms with van der Waals surface area (Å²) in [6.07, 6.45) is -25.0. The van der Waals surface area contributed by atoms with E-state index in [0.29, 0.717) is 17.2 Å². The maximum Gasteiger partial charge on any atom is 0.435 e. The third-order valence-electron chi connectivity index (χ3n) is 6.26. The normalized spacial score (nSPS) is 13.2. The Morgan fingerprint density at radius 1 is 0.822 bits per heavy atom. The molecule has 0 unspecified atom stereocenters. The number of hydrogen-bond donors (Lipinski definition) is 0. The van der Waals surface area contributed by atoms with Crippen LogP contribution in [0.25, 0.3) is 0 Å². The molecule has 244 valence electrons. The van der Waals surface area contributed by atoms with E-state index < -0.39 is 103 Å². The largest absolute Gasteiger partial charge is 0.435 e. The van der Waals surface area contributed by atoms with E-state index in [-0.39, 0.29) is 6.07 Å². The van der Waals surface area contributed by atoms with Crippen LogP contribution in [0.1, 0.15) is 43.1 Å². The Bertz CT molecular complexity index is 1600. The second kappa shape index (κ2) is 12.0. The van der Waals surface area contributed by atoms with Crippen molar-refractivity contribution < 1.29 is 71.1 Å². The molecule has 0 aliphatic rings. The van der Waals surface area contributed by atoms with Crippen LogP contribution in [0.3, 0.4) is 0 Å². The fourth-order valence-electron chi connectivity index (χ4n) is 4.00. The first-order valence-electron chi connectivity index (χ1n) is 11.7. The van der Waals surface area contributed by atoms with Gasteiger partial charge in [-0.1, -0.05) is 6.07 Å². The number of carbonyl (C=O) groups is 2. The summed E-state index contributed by atoms with van der Waals surface area (Å²) >= 11 is 0.872. The number of Topliss-reactive ketones (excluding diaryl/α,β-unsaturated/α-hetero) is 1. The molecule has 0 atom stereocenters. The van der Waals surface area contributed by atoms with E-state index in [2.05, 4.69) is 4.98 Å². The van der Waals surface area contributed by atoms with Crippen molar-refractivity contribution in [3.8, 4) is 0 Å². The number of nitrogens with zero attached hydrogens (tertiary/aromatic N) is 2. The first-order chi connectivity index (χ1) is 20.3. The summed E-state index contributed by atoms with van der Waals surface area (Å²) in [5.74, 6) is -4.13. The van der Waals surface area contributed by atoms with Gasteiger partial charge in [-0.25, -0.2) is 8.78 Å². The molecule has 0 bridgehead atoms. The fourth-order valence-corrected chi connectivity index (χ4v) is 4.81. The van der Waals surface area contributed by atoms with Crippen LogP contribution in [-0.4, -0.2) is 36.1 Å². The van der Waals surface area contributed by atoms with E-state index in [4.69, 9.17) is 0 Å². The number of aromatic nitrogens is 1. The predicted molar refractivity (Wildman–Crippen MR) is 135 cm³/mol. The number of halogens is 15. The topological polar surface area (TPSA) is 50.3 Å². The predicted octanol–water partition coefficient (Wildman–Crippen LogP) is 8.85. The highest BCUT2D eigenvalue weighted by Crippen LogP contribution is 2.54. The smallest absolute Gasteiger partial charge is 0.309 e. The van der Waals surface area contributed by atoms with Crippen LogP contribution in [0.2, 0.25) is 0 Å². The summed E-state index contributed by atoms with van der Waals surface area (Å²) in [6.45, 7) is 0. The van der Waals surface area contributed by atoms with Gasteiger partial charge in [-0.2, -0.15) is 52.7 Å². The zero-order chi connectivity index (χ0) is 34.5. The SMILES string of the molecule is CN(C(=O)c1ccc(C(F)(F)F)nc1)c1cccc(C(=O)Cc2c(I)cc(C(F)(C(F)(F)F)C(F)(F)F)cc2C(F)(F)F)c1F. The van der Waals surface area contributed by atoms with Gasteiger partial charge in [0.1, 0.15) is 5.69 Å². The second-order valence-corrected chi connectivity index (χ2v) is 10.3. The Hall–Kier alpha value is -3.52. The Balaban J connectivity index is 2.04. The molecule has 4 nitrogen and oxygen atoms in total. The number of pyridine rings is 1.